The van der Waals surface area contributed by atoms with Crippen LogP contribution in [0.15, 0.2) is 54.2 Å². The molecule has 0 atom stereocenters. The van der Waals surface area contributed by atoms with Crippen LogP contribution in [0.4, 0.5) is 11.5 Å². The minimum Gasteiger partial charge on any atom is -0.490 e. The Labute approximate surface area is 180 Å². The van der Waals surface area contributed by atoms with E-state index in [1.54, 1.807) is 17.7 Å². The Morgan fingerprint density at radius 2 is 1.67 bits per heavy atom. The first-order valence-electron chi connectivity index (χ1n) is 10.2. The molecule has 2 aromatic heterocycles. The molecule has 0 saturated heterocycles. The Balaban J connectivity index is 1.73. The second kappa shape index (κ2) is 9.13. The van der Waals surface area contributed by atoms with Crippen molar-refractivity contribution in [2.24, 2.45) is 0 Å². The quantitative estimate of drug-likeness (QED) is 0.355. The lowest BCUT2D eigenvalue weighted by atomic mass is 10.0. The summed E-state index contributed by atoms with van der Waals surface area (Å²) in [6.07, 6.45) is 2.63. The fourth-order valence-corrected chi connectivity index (χ4v) is 4.28. The monoisotopic (exact) mass is 419 g/mol. The highest BCUT2D eigenvalue weighted by Crippen LogP contribution is 2.38. The van der Waals surface area contributed by atoms with E-state index < -0.39 is 0 Å². The van der Waals surface area contributed by atoms with Crippen LogP contribution in [0.2, 0.25) is 0 Å². The number of hydrogen-bond acceptors (Lipinski definition) is 6. The first kappa shape index (κ1) is 20.2. The van der Waals surface area contributed by atoms with Crippen molar-refractivity contribution in [2.45, 2.75) is 27.2 Å². The number of nitrogens with zero attached hydrogens (tertiary/aromatic N) is 2. The van der Waals surface area contributed by atoms with E-state index in [0.29, 0.717) is 13.2 Å². The maximum Gasteiger partial charge on any atom is 0.163 e. The predicted octanol–water partition coefficient (Wildman–Crippen LogP) is 6.46. The Morgan fingerprint density at radius 1 is 0.900 bits per heavy atom. The topological polar surface area (TPSA) is 56.3 Å². The molecule has 4 aromatic rings. The van der Waals surface area contributed by atoms with Gasteiger partial charge in [-0.15, -0.1) is 11.3 Å². The highest BCUT2D eigenvalue weighted by Gasteiger charge is 2.14. The van der Waals surface area contributed by atoms with Gasteiger partial charge in [0.15, 0.2) is 11.5 Å². The average Bonchev–Trinajstić information content (AvgIpc) is 3.21. The summed E-state index contributed by atoms with van der Waals surface area (Å²) in [7, 11) is 0. The molecule has 0 saturated carbocycles. The molecule has 0 radical (unpaired) electrons. The third kappa shape index (κ3) is 4.09. The Morgan fingerprint density at radius 3 is 2.40 bits per heavy atom. The number of thiophene rings is 1. The van der Waals surface area contributed by atoms with E-state index in [9.17, 15) is 0 Å². The highest BCUT2D eigenvalue weighted by molar-refractivity contribution is 7.17. The highest BCUT2D eigenvalue weighted by atomic mass is 32.1. The van der Waals surface area contributed by atoms with Crippen molar-refractivity contribution < 1.29 is 9.47 Å². The Bertz CT molecular complexity index is 1140. The number of aromatic nitrogens is 2. The van der Waals surface area contributed by atoms with Gasteiger partial charge >= 0.3 is 0 Å². The molecule has 6 heteroatoms. The third-order valence-corrected chi connectivity index (χ3v) is 5.74. The zero-order chi connectivity index (χ0) is 20.9. The van der Waals surface area contributed by atoms with E-state index in [1.165, 1.54) is 5.56 Å². The van der Waals surface area contributed by atoms with Crippen molar-refractivity contribution in [3.05, 3.63) is 59.7 Å². The van der Waals surface area contributed by atoms with Gasteiger partial charge < -0.3 is 14.8 Å². The molecule has 0 unspecified atom stereocenters. The number of hydrogen-bond donors (Lipinski definition) is 1. The van der Waals surface area contributed by atoms with Crippen LogP contribution in [0.25, 0.3) is 21.3 Å². The van der Waals surface area contributed by atoms with E-state index in [4.69, 9.17) is 9.47 Å². The molecular formula is C24H25N3O2S. The lowest BCUT2D eigenvalue weighted by Gasteiger charge is -2.14. The summed E-state index contributed by atoms with van der Waals surface area (Å²) in [4.78, 5) is 9.97. The first-order chi connectivity index (χ1) is 14.7. The van der Waals surface area contributed by atoms with E-state index in [2.05, 4.69) is 51.9 Å². The second-order valence-corrected chi connectivity index (χ2v) is 7.61. The van der Waals surface area contributed by atoms with Crippen molar-refractivity contribution in [1.29, 1.82) is 0 Å². The van der Waals surface area contributed by atoms with Crippen molar-refractivity contribution in [3.8, 4) is 22.6 Å². The molecule has 154 valence electrons. The van der Waals surface area contributed by atoms with Gasteiger partial charge in [0.25, 0.3) is 0 Å². The number of anilines is 2. The van der Waals surface area contributed by atoms with Crippen molar-refractivity contribution in [2.75, 3.05) is 18.5 Å². The first-order valence-corrected chi connectivity index (χ1v) is 11.1. The summed E-state index contributed by atoms with van der Waals surface area (Å²) in [5.74, 6) is 2.24. The van der Waals surface area contributed by atoms with Gasteiger partial charge in [0, 0.05) is 22.7 Å². The SMILES string of the molecule is CCOc1ccc(Nc2ncnc3scc(-c4ccc(CC)cc4)c23)cc1OCC. The molecule has 0 fully saturated rings. The number of rotatable bonds is 8. The van der Waals surface area contributed by atoms with Crippen LogP contribution in [0, 0.1) is 0 Å². The predicted molar refractivity (Wildman–Crippen MR) is 124 cm³/mol. The van der Waals surface area contributed by atoms with Crippen LogP contribution in [0.5, 0.6) is 11.5 Å². The van der Waals surface area contributed by atoms with Gasteiger partial charge in [-0.25, -0.2) is 9.97 Å². The molecule has 0 spiro atoms. The van der Waals surface area contributed by atoms with Crippen molar-refractivity contribution in [1.82, 2.24) is 9.97 Å². The molecule has 30 heavy (non-hydrogen) atoms. The van der Waals surface area contributed by atoms with Crippen LogP contribution in [-0.4, -0.2) is 23.2 Å². The maximum absolute atomic E-state index is 5.76. The molecule has 2 aromatic carbocycles. The van der Waals surface area contributed by atoms with E-state index in [-0.39, 0.29) is 0 Å². The average molecular weight is 420 g/mol. The summed E-state index contributed by atoms with van der Waals surface area (Å²) in [6, 6.07) is 14.5. The van der Waals surface area contributed by atoms with Gasteiger partial charge in [0.1, 0.15) is 17.0 Å². The normalized spacial score (nSPS) is 10.9. The standard InChI is InChI=1S/C24H25N3O2S/c1-4-16-7-9-17(10-8-16)19-14-30-24-22(19)23(25-15-26-24)27-18-11-12-20(28-5-2)21(13-18)29-6-3/h7-15H,4-6H2,1-3H3,(H,25,26,27). The van der Waals surface area contributed by atoms with Gasteiger partial charge in [-0.1, -0.05) is 31.2 Å². The van der Waals surface area contributed by atoms with Gasteiger partial charge in [-0.3, -0.25) is 0 Å². The van der Waals surface area contributed by atoms with Crippen LogP contribution in [-0.2, 0) is 6.42 Å². The largest absolute Gasteiger partial charge is 0.490 e. The summed E-state index contributed by atoms with van der Waals surface area (Å²) in [6.45, 7) is 7.26. The zero-order valence-corrected chi connectivity index (χ0v) is 18.3. The lowest BCUT2D eigenvalue weighted by Crippen LogP contribution is -2.00. The Hall–Kier alpha value is -3.12. The minimum absolute atomic E-state index is 0.573. The molecular weight excluding hydrogens is 394 g/mol. The number of ether oxygens (including phenoxy) is 2. The number of benzene rings is 2. The zero-order valence-electron chi connectivity index (χ0n) is 17.4. The number of nitrogens with one attached hydrogen (secondary N) is 1. The van der Waals surface area contributed by atoms with E-state index in [0.717, 1.165) is 50.8 Å². The number of aryl methyl sites for hydroxylation is 1. The molecule has 0 aliphatic rings. The minimum atomic E-state index is 0.573. The second-order valence-electron chi connectivity index (χ2n) is 6.75. The van der Waals surface area contributed by atoms with Crippen molar-refractivity contribution >= 4 is 33.1 Å². The molecule has 0 bridgehead atoms. The molecule has 2 heterocycles. The molecule has 0 aliphatic heterocycles. The van der Waals surface area contributed by atoms with Gasteiger partial charge in [0.2, 0.25) is 0 Å². The lowest BCUT2D eigenvalue weighted by molar-refractivity contribution is 0.288. The van der Waals surface area contributed by atoms with Crippen LogP contribution < -0.4 is 14.8 Å². The van der Waals surface area contributed by atoms with Gasteiger partial charge in [0.05, 0.1) is 18.6 Å². The third-order valence-electron chi connectivity index (χ3n) is 4.85. The summed E-state index contributed by atoms with van der Waals surface area (Å²) in [5.41, 5.74) is 4.51. The molecule has 4 rings (SSSR count). The summed E-state index contributed by atoms with van der Waals surface area (Å²) < 4.78 is 11.4. The van der Waals surface area contributed by atoms with Crippen molar-refractivity contribution in [3.63, 3.8) is 0 Å². The molecule has 5 nitrogen and oxygen atoms in total. The van der Waals surface area contributed by atoms with E-state index in [1.807, 2.05) is 32.0 Å². The number of fused-ring (bicyclic) bond motifs is 1. The smallest absolute Gasteiger partial charge is 0.163 e. The molecule has 1 N–H and O–H groups in total. The Kier molecular flexibility index (Phi) is 6.14. The fourth-order valence-electron chi connectivity index (χ4n) is 3.37. The van der Waals surface area contributed by atoms with Gasteiger partial charge in [-0.05, 0) is 43.5 Å². The van der Waals surface area contributed by atoms with Gasteiger partial charge in [-0.2, -0.15) is 0 Å². The van der Waals surface area contributed by atoms with Crippen LogP contribution in [0.3, 0.4) is 0 Å². The summed E-state index contributed by atoms with van der Waals surface area (Å²) in [5, 5.41) is 6.63. The van der Waals surface area contributed by atoms with Crippen LogP contribution >= 0.6 is 11.3 Å². The maximum atomic E-state index is 5.76. The summed E-state index contributed by atoms with van der Waals surface area (Å²) >= 11 is 1.63. The fraction of sp³-hybridized carbons (Fsp3) is 0.250. The molecule has 0 amide bonds. The van der Waals surface area contributed by atoms with Crippen LogP contribution in [0.1, 0.15) is 26.3 Å². The van der Waals surface area contributed by atoms with E-state index >= 15 is 0 Å². The molecule has 0 aliphatic carbocycles.